The number of nitrogens with zero attached hydrogens (tertiary/aromatic N) is 5. The minimum atomic E-state index is 0.625. The second-order valence-electron chi connectivity index (χ2n) is 14.4. The summed E-state index contributed by atoms with van der Waals surface area (Å²) in [5, 5.41) is 28.3. The maximum atomic E-state index is 10.0. The molecule has 6 heteroatoms. The molecule has 4 heterocycles. The summed E-state index contributed by atoms with van der Waals surface area (Å²) < 4.78 is 13.4. The maximum Gasteiger partial charge on any atom is 0.135 e. The third-order valence-electron chi connectivity index (χ3n) is 11.5. The van der Waals surface area contributed by atoms with Gasteiger partial charge in [0, 0.05) is 60.2 Å². The predicted octanol–water partition coefficient (Wildman–Crippen LogP) is 12.6. The van der Waals surface area contributed by atoms with Crippen molar-refractivity contribution < 1.29 is 4.42 Å². The number of benzene rings is 8. The first-order chi connectivity index (χ1) is 27.7. The molecular weight excluding hydrogens is 687 g/mol. The number of para-hydroxylation sites is 3. The summed E-state index contributed by atoms with van der Waals surface area (Å²) in [6.45, 7) is 0. The fourth-order valence-corrected chi connectivity index (χ4v) is 9.10. The molecule has 0 N–H and O–H groups in total. The number of nitriles is 2. The fraction of sp³-hybridized carbons (Fsp3) is 0. The topological polar surface area (TPSA) is 75.5 Å². The van der Waals surface area contributed by atoms with E-state index in [1.165, 1.54) is 0 Å². The molecule has 12 rings (SSSR count). The molecule has 0 aliphatic rings. The Hall–Kier alpha value is -8.06. The van der Waals surface area contributed by atoms with Gasteiger partial charge in [0.1, 0.15) is 11.2 Å². The Kier molecular flexibility index (Phi) is 6.10. The quantitative estimate of drug-likeness (QED) is 0.183. The summed E-state index contributed by atoms with van der Waals surface area (Å²) in [5.74, 6) is 0. The van der Waals surface area contributed by atoms with Crippen LogP contribution in [0.15, 0.2) is 168 Å². The van der Waals surface area contributed by atoms with Crippen LogP contribution in [0, 0.1) is 22.7 Å². The van der Waals surface area contributed by atoms with Crippen molar-refractivity contribution >= 4 is 87.4 Å². The van der Waals surface area contributed by atoms with Gasteiger partial charge >= 0.3 is 0 Å². The molecule has 0 fully saturated rings. The molecule has 0 bridgehead atoms. The van der Waals surface area contributed by atoms with Crippen molar-refractivity contribution in [1.29, 1.82) is 10.5 Å². The molecule has 0 unspecified atom stereocenters. The van der Waals surface area contributed by atoms with Crippen LogP contribution in [-0.2, 0) is 0 Å². The molecule has 258 valence electrons. The van der Waals surface area contributed by atoms with Crippen LogP contribution in [-0.4, -0.2) is 13.7 Å². The number of hydrogen-bond donors (Lipinski definition) is 0. The Morgan fingerprint density at radius 2 is 0.875 bits per heavy atom. The Morgan fingerprint density at radius 1 is 0.357 bits per heavy atom. The summed E-state index contributed by atoms with van der Waals surface area (Å²) in [6.07, 6.45) is 0. The molecular formula is C50H27N5O. The van der Waals surface area contributed by atoms with Gasteiger partial charge in [0.15, 0.2) is 0 Å². The van der Waals surface area contributed by atoms with E-state index in [9.17, 15) is 10.5 Å². The molecule has 0 aliphatic heterocycles. The normalized spacial score (nSPS) is 11.9. The zero-order chi connectivity index (χ0) is 37.1. The van der Waals surface area contributed by atoms with Gasteiger partial charge in [0.25, 0.3) is 0 Å². The zero-order valence-corrected chi connectivity index (χ0v) is 29.7. The number of fused-ring (bicyclic) bond motifs is 13. The van der Waals surface area contributed by atoms with Crippen molar-refractivity contribution in [3.63, 3.8) is 0 Å². The van der Waals surface area contributed by atoms with Crippen LogP contribution in [0.1, 0.15) is 11.1 Å². The van der Waals surface area contributed by atoms with Crippen molar-refractivity contribution in [2.45, 2.75) is 0 Å². The zero-order valence-electron chi connectivity index (χ0n) is 29.7. The molecule has 6 nitrogen and oxygen atoms in total. The first-order valence-electron chi connectivity index (χ1n) is 18.5. The van der Waals surface area contributed by atoms with Crippen LogP contribution >= 0.6 is 0 Å². The van der Waals surface area contributed by atoms with Crippen molar-refractivity contribution in [1.82, 2.24) is 13.7 Å². The van der Waals surface area contributed by atoms with E-state index in [1.807, 2.05) is 42.5 Å². The summed E-state index contributed by atoms with van der Waals surface area (Å²) in [4.78, 5) is 0. The smallest absolute Gasteiger partial charge is 0.135 e. The molecule has 12 aromatic rings. The lowest BCUT2D eigenvalue weighted by Crippen LogP contribution is -1.95. The number of aromatic nitrogens is 3. The molecule has 0 radical (unpaired) electrons. The highest BCUT2D eigenvalue weighted by Crippen LogP contribution is 2.43. The largest absolute Gasteiger partial charge is 0.456 e. The van der Waals surface area contributed by atoms with Crippen LogP contribution in [0.4, 0.5) is 0 Å². The van der Waals surface area contributed by atoms with E-state index in [4.69, 9.17) is 4.42 Å². The van der Waals surface area contributed by atoms with E-state index < -0.39 is 0 Å². The molecule has 4 aromatic heterocycles. The molecule has 0 aliphatic carbocycles. The second kappa shape index (κ2) is 11.2. The fourth-order valence-electron chi connectivity index (χ4n) is 9.10. The molecule has 8 aromatic carbocycles. The third kappa shape index (κ3) is 4.07. The van der Waals surface area contributed by atoms with E-state index in [2.05, 4.69) is 147 Å². The third-order valence-corrected chi connectivity index (χ3v) is 11.5. The maximum absolute atomic E-state index is 10.0. The average Bonchev–Trinajstić information content (AvgIpc) is 3.99. The summed E-state index contributed by atoms with van der Waals surface area (Å²) in [6, 6.07) is 61.3. The Labute approximate surface area is 319 Å². The minimum Gasteiger partial charge on any atom is -0.456 e. The first-order valence-corrected chi connectivity index (χ1v) is 18.5. The summed E-state index contributed by atoms with van der Waals surface area (Å²) >= 11 is 0. The Bertz CT molecular complexity index is 3730. The standard InChI is InChI=1S/C50H27N5O/c51-28-30-14-19-44-38(24-30)36-11-5-6-12-42(36)54(44)33-16-22-47-39(26-33)40-27-34(17-23-48(40)56-47)55-43-13-7-4-10-35(43)37-18-21-46-49(50(37)55)41-25-31(29-52)15-20-45(41)53(46)32-8-2-1-3-9-32/h1-27H. The van der Waals surface area contributed by atoms with E-state index in [0.29, 0.717) is 11.1 Å². The van der Waals surface area contributed by atoms with Crippen LogP contribution in [0.25, 0.3) is 104 Å². The Balaban J connectivity index is 1.16. The van der Waals surface area contributed by atoms with E-state index in [1.54, 1.807) is 0 Å². The summed E-state index contributed by atoms with van der Waals surface area (Å²) in [7, 11) is 0. The highest BCUT2D eigenvalue weighted by atomic mass is 16.3. The molecule has 0 atom stereocenters. The van der Waals surface area contributed by atoms with Gasteiger partial charge in [-0.1, -0.05) is 60.7 Å². The van der Waals surface area contributed by atoms with Gasteiger partial charge in [-0.05, 0) is 103 Å². The highest BCUT2D eigenvalue weighted by Gasteiger charge is 2.22. The Morgan fingerprint density at radius 3 is 1.55 bits per heavy atom. The van der Waals surface area contributed by atoms with Crippen molar-refractivity contribution in [2.75, 3.05) is 0 Å². The number of furan rings is 1. The average molecular weight is 714 g/mol. The predicted molar refractivity (Wildman–Crippen MR) is 226 cm³/mol. The van der Waals surface area contributed by atoms with Crippen LogP contribution in [0.2, 0.25) is 0 Å². The molecule has 0 saturated heterocycles. The van der Waals surface area contributed by atoms with Crippen molar-refractivity contribution in [3.8, 4) is 29.2 Å². The molecule has 0 spiro atoms. The molecule has 56 heavy (non-hydrogen) atoms. The van der Waals surface area contributed by atoms with Crippen LogP contribution < -0.4 is 0 Å². The van der Waals surface area contributed by atoms with E-state index in [-0.39, 0.29) is 0 Å². The van der Waals surface area contributed by atoms with Gasteiger partial charge in [-0.3, -0.25) is 0 Å². The lowest BCUT2D eigenvalue weighted by molar-refractivity contribution is 0.669. The van der Waals surface area contributed by atoms with Crippen LogP contribution in [0.5, 0.6) is 0 Å². The van der Waals surface area contributed by atoms with Crippen molar-refractivity contribution in [2.24, 2.45) is 0 Å². The monoisotopic (exact) mass is 713 g/mol. The van der Waals surface area contributed by atoms with Crippen molar-refractivity contribution in [3.05, 3.63) is 175 Å². The minimum absolute atomic E-state index is 0.625. The SMILES string of the molecule is N#Cc1ccc2c(c1)c1ccccc1n2-c1ccc2oc3ccc(-n4c5ccccc5c5ccc6c(c7cc(C#N)ccc7n6-c6ccccc6)c54)cc3c2c1. The number of rotatable bonds is 3. The van der Waals surface area contributed by atoms with Gasteiger partial charge in [0.05, 0.1) is 56.4 Å². The van der Waals surface area contributed by atoms with Gasteiger partial charge in [0.2, 0.25) is 0 Å². The second-order valence-corrected chi connectivity index (χ2v) is 14.4. The summed E-state index contributed by atoms with van der Waals surface area (Å²) in [5.41, 5.74) is 12.4. The van der Waals surface area contributed by atoms with Gasteiger partial charge in [-0.2, -0.15) is 10.5 Å². The van der Waals surface area contributed by atoms with E-state index >= 15 is 0 Å². The van der Waals surface area contributed by atoms with Crippen LogP contribution in [0.3, 0.4) is 0 Å². The number of hydrogen-bond acceptors (Lipinski definition) is 3. The first kappa shape index (κ1) is 30.4. The van der Waals surface area contributed by atoms with Gasteiger partial charge in [-0.25, -0.2) is 0 Å². The van der Waals surface area contributed by atoms with Gasteiger partial charge in [-0.15, -0.1) is 0 Å². The lowest BCUT2D eigenvalue weighted by Gasteiger charge is -2.10. The highest BCUT2D eigenvalue weighted by molar-refractivity contribution is 6.26. The van der Waals surface area contributed by atoms with E-state index in [0.717, 1.165) is 104 Å². The molecule has 0 amide bonds. The lowest BCUT2D eigenvalue weighted by atomic mass is 10.1. The van der Waals surface area contributed by atoms with Gasteiger partial charge < -0.3 is 18.1 Å². The molecule has 0 saturated carbocycles.